The van der Waals surface area contributed by atoms with Gasteiger partial charge in [-0.25, -0.2) is 0 Å². The van der Waals surface area contributed by atoms with Crippen molar-refractivity contribution >= 4 is 5.91 Å². The van der Waals surface area contributed by atoms with Crippen LogP contribution in [0, 0.1) is 5.92 Å². The predicted molar refractivity (Wildman–Crippen MR) is 93.8 cm³/mol. The summed E-state index contributed by atoms with van der Waals surface area (Å²) < 4.78 is 5.67. The number of carbonyl (C=O) groups excluding carboxylic acids is 1. The zero-order chi connectivity index (χ0) is 17.1. The summed E-state index contributed by atoms with van der Waals surface area (Å²) in [6.45, 7) is 4.89. The number of carbonyl (C=O) groups is 1. The summed E-state index contributed by atoms with van der Waals surface area (Å²) in [4.78, 5) is 16.9. The first-order valence-electron chi connectivity index (χ1n) is 9.16. The van der Waals surface area contributed by atoms with Crippen molar-refractivity contribution < 1.29 is 9.21 Å². The molecule has 0 N–H and O–H groups in total. The molecule has 1 aromatic carbocycles. The number of hydrogen-bond donors (Lipinski definition) is 0. The second kappa shape index (κ2) is 7.35. The molecular formula is C19H24N4O2. The number of benzene rings is 1. The van der Waals surface area contributed by atoms with Gasteiger partial charge in [0.2, 0.25) is 17.7 Å². The Hall–Kier alpha value is -2.21. The number of amides is 1. The van der Waals surface area contributed by atoms with Gasteiger partial charge in [-0.1, -0.05) is 18.2 Å². The van der Waals surface area contributed by atoms with Crippen LogP contribution >= 0.6 is 0 Å². The molecule has 0 unspecified atom stereocenters. The van der Waals surface area contributed by atoms with Crippen molar-refractivity contribution in [1.82, 2.24) is 20.0 Å². The van der Waals surface area contributed by atoms with E-state index in [0.717, 1.165) is 37.7 Å². The monoisotopic (exact) mass is 340 g/mol. The van der Waals surface area contributed by atoms with Crippen molar-refractivity contribution in [2.45, 2.75) is 25.7 Å². The smallest absolute Gasteiger partial charge is 0.247 e. The topological polar surface area (TPSA) is 62.5 Å². The highest BCUT2D eigenvalue weighted by Gasteiger charge is 2.27. The van der Waals surface area contributed by atoms with Crippen LogP contribution in [0.1, 0.15) is 25.2 Å². The van der Waals surface area contributed by atoms with Crippen LogP contribution in [0.15, 0.2) is 34.7 Å². The van der Waals surface area contributed by atoms with E-state index in [1.54, 1.807) is 0 Å². The zero-order valence-electron chi connectivity index (χ0n) is 14.4. The van der Waals surface area contributed by atoms with Gasteiger partial charge in [-0.2, -0.15) is 0 Å². The fourth-order valence-electron chi connectivity index (χ4n) is 3.27. The van der Waals surface area contributed by atoms with E-state index in [9.17, 15) is 4.79 Å². The molecule has 1 saturated carbocycles. The first-order chi connectivity index (χ1) is 12.3. The van der Waals surface area contributed by atoms with Gasteiger partial charge in [-0.3, -0.25) is 9.69 Å². The summed E-state index contributed by atoms with van der Waals surface area (Å²) in [5.74, 6) is 2.14. The SMILES string of the molecule is O=C(CCc1nnc(-c2ccccc2)o1)N1CCN(CC2CC2)CC1. The van der Waals surface area contributed by atoms with E-state index >= 15 is 0 Å². The van der Waals surface area contributed by atoms with Crippen LogP contribution in [0.25, 0.3) is 11.5 Å². The van der Waals surface area contributed by atoms with E-state index in [-0.39, 0.29) is 5.91 Å². The molecule has 1 amide bonds. The van der Waals surface area contributed by atoms with Crippen LogP contribution in [-0.4, -0.2) is 58.6 Å². The summed E-state index contributed by atoms with van der Waals surface area (Å²) in [6.07, 6.45) is 3.70. The Morgan fingerprint density at radius 3 is 2.56 bits per heavy atom. The predicted octanol–water partition coefficient (Wildman–Crippen LogP) is 2.22. The minimum Gasteiger partial charge on any atom is -0.421 e. The molecule has 6 nitrogen and oxygen atoms in total. The number of hydrogen-bond acceptors (Lipinski definition) is 5. The van der Waals surface area contributed by atoms with Gasteiger partial charge in [0.15, 0.2) is 0 Å². The Bertz CT molecular complexity index is 703. The molecule has 0 atom stereocenters. The molecule has 0 spiro atoms. The molecule has 1 aromatic heterocycles. The summed E-state index contributed by atoms with van der Waals surface area (Å²) in [6, 6.07) is 9.69. The normalized spacial score (nSPS) is 18.5. The Morgan fingerprint density at radius 1 is 1.08 bits per heavy atom. The van der Waals surface area contributed by atoms with Crippen LogP contribution < -0.4 is 0 Å². The van der Waals surface area contributed by atoms with Crippen LogP contribution in [0.4, 0.5) is 0 Å². The summed E-state index contributed by atoms with van der Waals surface area (Å²) in [7, 11) is 0. The molecule has 0 radical (unpaired) electrons. The lowest BCUT2D eigenvalue weighted by Crippen LogP contribution is -2.49. The average Bonchev–Trinajstić information content (AvgIpc) is 3.34. The molecule has 132 valence electrons. The van der Waals surface area contributed by atoms with Crippen LogP contribution in [-0.2, 0) is 11.2 Å². The maximum Gasteiger partial charge on any atom is 0.247 e. The molecule has 4 rings (SSSR count). The second-order valence-corrected chi connectivity index (χ2v) is 6.99. The van der Waals surface area contributed by atoms with Crippen molar-refractivity contribution in [2.24, 2.45) is 5.92 Å². The number of aryl methyl sites for hydroxylation is 1. The van der Waals surface area contributed by atoms with Crippen LogP contribution in [0.2, 0.25) is 0 Å². The Morgan fingerprint density at radius 2 is 1.84 bits per heavy atom. The van der Waals surface area contributed by atoms with E-state index in [0.29, 0.717) is 24.6 Å². The average molecular weight is 340 g/mol. The lowest BCUT2D eigenvalue weighted by atomic mass is 10.2. The van der Waals surface area contributed by atoms with Crippen molar-refractivity contribution in [3.05, 3.63) is 36.2 Å². The van der Waals surface area contributed by atoms with Crippen LogP contribution in [0.5, 0.6) is 0 Å². The highest BCUT2D eigenvalue weighted by Crippen LogP contribution is 2.30. The Kier molecular flexibility index (Phi) is 4.78. The Labute approximate surface area is 147 Å². The van der Waals surface area contributed by atoms with Crippen molar-refractivity contribution in [3.63, 3.8) is 0 Å². The molecule has 2 aromatic rings. The second-order valence-electron chi connectivity index (χ2n) is 6.99. The lowest BCUT2D eigenvalue weighted by Gasteiger charge is -2.34. The summed E-state index contributed by atoms with van der Waals surface area (Å²) >= 11 is 0. The number of rotatable bonds is 6. The zero-order valence-corrected chi connectivity index (χ0v) is 14.4. The summed E-state index contributed by atoms with van der Waals surface area (Å²) in [5.41, 5.74) is 0.902. The molecule has 0 bridgehead atoms. The largest absolute Gasteiger partial charge is 0.421 e. The highest BCUT2D eigenvalue weighted by molar-refractivity contribution is 5.76. The number of aromatic nitrogens is 2. The third kappa shape index (κ3) is 4.25. The first-order valence-corrected chi connectivity index (χ1v) is 9.16. The molecule has 2 aliphatic rings. The number of nitrogens with zero attached hydrogens (tertiary/aromatic N) is 4. The fraction of sp³-hybridized carbons (Fsp3) is 0.526. The van der Waals surface area contributed by atoms with Crippen molar-refractivity contribution in [1.29, 1.82) is 0 Å². The third-order valence-corrected chi connectivity index (χ3v) is 4.98. The lowest BCUT2D eigenvalue weighted by molar-refractivity contribution is -0.133. The van der Waals surface area contributed by atoms with Gasteiger partial charge in [0.05, 0.1) is 0 Å². The molecule has 2 fully saturated rings. The van der Waals surface area contributed by atoms with E-state index in [4.69, 9.17) is 4.42 Å². The molecule has 2 heterocycles. The third-order valence-electron chi connectivity index (χ3n) is 4.98. The number of piperazine rings is 1. The summed E-state index contributed by atoms with van der Waals surface area (Å²) in [5, 5.41) is 8.14. The highest BCUT2D eigenvalue weighted by atomic mass is 16.4. The van der Waals surface area contributed by atoms with Gasteiger partial charge >= 0.3 is 0 Å². The first kappa shape index (κ1) is 16.3. The van der Waals surface area contributed by atoms with Gasteiger partial charge < -0.3 is 9.32 Å². The molecule has 6 heteroatoms. The maximum atomic E-state index is 12.4. The fourth-order valence-corrected chi connectivity index (χ4v) is 3.27. The van der Waals surface area contributed by atoms with Crippen LogP contribution in [0.3, 0.4) is 0 Å². The van der Waals surface area contributed by atoms with Crippen molar-refractivity contribution in [3.8, 4) is 11.5 Å². The van der Waals surface area contributed by atoms with Gasteiger partial charge in [0.25, 0.3) is 0 Å². The molecule has 1 aliphatic carbocycles. The molecular weight excluding hydrogens is 316 g/mol. The molecule has 1 saturated heterocycles. The molecule has 25 heavy (non-hydrogen) atoms. The van der Waals surface area contributed by atoms with E-state index < -0.39 is 0 Å². The van der Waals surface area contributed by atoms with Gasteiger partial charge in [-0.15, -0.1) is 10.2 Å². The molecule has 1 aliphatic heterocycles. The van der Waals surface area contributed by atoms with Gasteiger partial charge in [0.1, 0.15) is 0 Å². The van der Waals surface area contributed by atoms with E-state index in [1.807, 2.05) is 35.2 Å². The quantitative estimate of drug-likeness (QED) is 0.807. The maximum absolute atomic E-state index is 12.4. The standard InChI is InChI=1S/C19H24N4O2/c24-18(23-12-10-22(11-13-23)14-15-6-7-15)9-8-17-20-21-19(25-17)16-4-2-1-3-5-16/h1-5,15H,6-14H2. The van der Waals surface area contributed by atoms with E-state index in [1.165, 1.54) is 19.4 Å². The van der Waals surface area contributed by atoms with Gasteiger partial charge in [0, 0.05) is 51.1 Å². The van der Waals surface area contributed by atoms with E-state index in [2.05, 4.69) is 15.1 Å². The minimum atomic E-state index is 0.186. The minimum absolute atomic E-state index is 0.186. The van der Waals surface area contributed by atoms with Crippen molar-refractivity contribution in [2.75, 3.05) is 32.7 Å². The van der Waals surface area contributed by atoms with Gasteiger partial charge in [-0.05, 0) is 30.9 Å². The Balaban J connectivity index is 1.24.